The standard InChI is InChI=1S/C11H25NO2Si/c1-10(2,3)15(4,5)14-8-9(12)11(13)6-7-11/h9,13H,6-8,12H2,1-5H3/t9-/m0/s1. The van der Waals surface area contributed by atoms with Crippen LogP contribution in [0.25, 0.3) is 0 Å². The summed E-state index contributed by atoms with van der Waals surface area (Å²) in [6, 6.07) is -0.216. The van der Waals surface area contributed by atoms with E-state index in [9.17, 15) is 5.11 Å². The molecule has 1 aliphatic carbocycles. The molecule has 0 unspecified atom stereocenters. The van der Waals surface area contributed by atoms with Gasteiger partial charge in [-0.1, -0.05) is 20.8 Å². The van der Waals surface area contributed by atoms with Crippen LogP contribution in [0, 0.1) is 0 Å². The molecule has 3 N–H and O–H groups in total. The number of aliphatic hydroxyl groups is 1. The van der Waals surface area contributed by atoms with Crippen molar-refractivity contribution in [3.8, 4) is 0 Å². The Balaban J connectivity index is 2.42. The molecule has 15 heavy (non-hydrogen) atoms. The SMILES string of the molecule is CC(C)(C)[Si](C)(C)OC[C@H](N)C1(O)CC1. The molecule has 0 saturated heterocycles. The summed E-state index contributed by atoms with van der Waals surface area (Å²) < 4.78 is 5.98. The molecule has 1 atom stereocenters. The van der Waals surface area contributed by atoms with Crippen molar-refractivity contribution in [3.05, 3.63) is 0 Å². The number of hydrogen-bond donors (Lipinski definition) is 2. The van der Waals surface area contributed by atoms with Crippen molar-refractivity contribution in [2.75, 3.05) is 6.61 Å². The molecule has 0 aliphatic heterocycles. The van der Waals surface area contributed by atoms with Crippen LogP contribution < -0.4 is 5.73 Å². The molecule has 3 nitrogen and oxygen atoms in total. The van der Waals surface area contributed by atoms with E-state index < -0.39 is 13.9 Å². The normalized spacial score (nSPS) is 22.6. The van der Waals surface area contributed by atoms with Crippen LogP contribution in [0.1, 0.15) is 33.6 Å². The molecule has 0 spiro atoms. The van der Waals surface area contributed by atoms with Gasteiger partial charge in [0.1, 0.15) is 0 Å². The monoisotopic (exact) mass is 231 g/mol. The van der Waals surface area contributed by atoms with Crippen molar-refractivity contribution < 1.29 is 9.53 Å². The van der Waals surface area contributed by atoms with Crippen LogP contribution in [-0.2, 0) is 4.43 Å². The summed E-state index contributed by atoms with van der Waals surface area (Å²) >= 11 is 0. The topological polar surface area (TPSA) is 55.5 Å². The zero-order chi connectivity index (χ0) is 11.9. The van der Waals surface area contributed by atoms with Crippen molar-refractivity contribution in [1.29, 1.82) is 0 Å². The van der Waals surface area contributed by atoms with Crippen LogP contribution in [-0.4, -0.2) is 31.7 Å². The first-order chi connectivity index (χ1) is 6.58. The first-order valence-corrected chi connectivity index (χ1v) is 8.61. The maximum atomic E-state index is 9.81. The van der Waals surface area contributed by atoms with E-state index in [4.69, 9.17) is 10.2 Å². The lowest BCUT2D eigenvalue weighted by Crippen LogP contribution is -2.47. The Labute approximate surface area is 94.1 Å². The van der Waals surface area contributed by atoms with Gasteiger partial charge in [0.2, 0.25) is 0 Å². The maximum absolute atomic E-state index is 9.81. The first-order valence-electron chi connectivity index (χ1n) is 5.70. The minimum Gasteiger partial charge on any atom is -0.415 e. The van der Waals surface area contributed by atoms with Crippen LogP contribution in [0.4, 0.5) is 0 Å². The largest absolute Gasteiger partial charge is 0.415 e. The zero-order valence-corrected chi connectivity index (χ0v) is 11.6. The highest BCUT2D eigenvalue weighted by atomic mass is 28.4. The minimum absolute atomic E-state index is 0.207. The second-order valence-electron chi connectivity index (χ2n) is 6.28. The zero-order valence-electron chi connectivity index (χ0n) is 10.6. The molecular weight excluding hydrogens is 206 g/mol. The molecular formula is C11H25NO2Si. The molecule has 4 heteroatoms. The van der Waals surface area contributed by atoms with Crippen LogP contribution in [0.5, 0.6) is 0 Å². The van der Waals surface area contributed by atoms with Gasteiger partial charge in [-0.05, 0) is 31.0 Å². The molecule has 0 aromatic heterocycles. The van der Waals surface area contributed by atoms with Crippen LogP contribution >= 0.6 is 0 Å². The average Bonchev–Trinajstić information content (AvgIpc) is 2.79. The average molecular weight is 231 g/mol. The number of hydrogen-bond acceptors (Lipinski definition) is 3. The van der Waals surface area contributed by atoms with E-state index in [1.807, 2.05) is 0 Å². The van der Waals surface area contributed by atoms with Crippen LogP contribution in [0.3, 0.4) is 0 Å². The molecule has 1 saturated carbocycles. The molecule has 1 rings (SSSR count). The maximum Gasteiger partial charge on any atom is 0.192 e. The third-order valence-electron chi connectivity index (χ3n) is 3.88. The fourth-order valence-electron chi connectivity index (χ4n) is 1.17. The molecule has 90 valence electrons. The Kier molecular flexibility index (Phi) is 3.37. The van der Waals surface area contributed by atoms with Crippen molar-refractivity contribution in [1.82, 2.24) is 0 Å². The fraction of sp³-hybridized carbons (Fsp3) is 1.00. The van der Waals surface area contributed by atoms with E-state index in [1.165, 1.54) is 0 Å². The van der Waals surface area contributed by atoms with E-state index in [0.29, 0.717) is 6.61 Å². The molecule has 0 heterocycles. The lowest BCUT2D eigenvalue weighted by molar-refractivity contribution is 0.0899. The van der Waals surface area contributed by atoms with Crippen molar-refractivity contribution in [2.24, 2.45) is 5.73 Å². The summed E-state index contributed by atoms with van der Waals surface area (Å²) in [7, 11) is -1.71. The molecule has 0 aromatic carbocycles. The second-order valence-corrected chi connectivity index (χ2v) is 11.1. The summed E-state index contributed by atoms with van der Waals surface area (Å²) in [5, 5.41) is 10.0. The molecule has 0 amide bonds. The van der Waals surface area contributed by atoms with Crippen molar-refractivity contribution in [2.45, 2.75) is 63.4 Å². The van der Waals surface area contributed by atoms with Gasteiger partial charge in [0, 0.05) is 0 Å². The van der Waals surface area contributed by atoms with Gasteiger partial charge >= 0.3 is 0 Å². The fourth-order valence-corrected chi connectivity index (χ4v) is 2.20. The Bertz CT molecular complexity index is 231. The Morgan fingerprint density at radius 1 is 1.40 bits per heavy atom. The highest BCUT2D eigenvalue weighted by molar-refractivity contribution is 6.74. The first kappa shape index (κ1) is 13.2. The smallest absolute Gasteiger partial charge is 0.192 e. The summed E-state index contributed by atoms with van der Waals surface area (Å²) in [4.78, 5) is 0. The minimum atomic E-state index is -1.71. The predicted octanol–water partition coefficient (Wildman–Crippen LogP) is 1.86. The predicted molar refractivity (Wildman–Crippen MR) is 65.3 cm³/mol. The quantitative estimate of drug-likeness (QED) is 0.726. The van der Waals surface area contributed by atoms with Gasteiger partial charge in [0.15, 0.2) is 8.32 Å². The van der Waals surface area contributed by atoms with E-state index in [0.717, 1.165) is 12.8 Å². The van der Waals surface area contributed by atoms with Gasteiger partial charge in [-0.15, -0.1) is 0 Å². The third-order valence-corrected chi connectivity index (χ3v) is 8.38. The molecule has 0 aromatic rings. The van der Waals surface area contributed by atoms with Gasteiger partial charge in [0.25, 0.3) is 0 Å². The summed E-state index contributed by atoms with van der Waals surface area (Å²) in [5.74, 6) is 0. The van der Waals surface area contributed by atoms with Gasteiger partial charge in [0.05, 0.1) is 18.2 Å². The summed E-state index contributed by atoms with van der Waals surface area (Å²) in [5.41, 5.74) is 5.29. The Morgan fingerprint density at radius 2 is 1.87 bits per heavy atom. The Hall–Kier alpha value is 0.0969. The van der Waals surface area contributed by atoms with Gasteiger partial charge < -0.3 is 15.3 Å². The lowest BCUT2D eigenvalue weighted by atomic mass is 10.2. The highest BCUT2D eigenvalue weighted by Gasteiger charge is 2.47. The molecule has 0 radical (unpaired) electrons. The van der Waals surface area contributed by atoms with Crippen molar-refractivity contribution >= 4 is 8.32 Å². The van der Waals surface area contributed by atoms with Crippen LogP contribution in [0.2, 0.25) is 18.1 Å². The number of rotatable bonds is 4. The van der Waals surface area contributed by atoms with E-state index >= 15 is 0 Å². The summed E-state index contributed by atoms with van der Waals surface area (Å²) in [6.45, 7) is 11.5. The number of nitrogens with two attached hydrogens (primary N) is 1. The third kappa shape index (κ3) is 3.03. The summed E-state index contributed by atoms with van der Waals surface area (Å²) in [6.07, 6.45) is 1.66. The van der Waals surface area contributed by atoms with Gasteiger partial charge in [-0.3, -0.25) is 0 Å². The van der Waals surface area contributed by atoms with Gasteiger partial charge in [-0.25, -0.2) is 0 Å². The Morgan fingerprint density at radius 3 is 2.20 bits per heavy atom. The van der Waals surface area contributed by atoms with Gasteiger partial charge in [-0.2, -0.15) is 0 Å². The van der Waals surface area contributed by atoms with Crippen molar-refractivity contribution in [3.63, 3.8) is 0 Å². The van der Waals surface area contributed by atoms with E-state index in [2.05, 4.69) is 33.9 Å². The highest BCUT2D eigenvalue weighted by Crippen LogP contribution is 2.40. The van der Waals surface area contributed by atoms with E-state index in [1.54, 1.807) is 0 Å². The second kappa shape index (κ2) is 3.84. The van der Waals surface area contributed by atoms with Crippen LogP contribution in [0.15, 0.2) is 0 Å². The molecule has 0 bridgehead atoms. The molecule has 1 fully saturated rings. The van der Waals surface area contributed by atoms with E-state index in [-0.39, 0.29) is 11.1 Å². The lowest BCUT2D eigenvalue weighted by Gasteiger charge is -2.37. The molecule has 1 aliphatic rings.